The number of allylic oxidation sites excluding steroid dienone is 20. The van der Waals surface area contributed by atoms with Crippen molar-refractivity contribution in [3.63, 3.8) is 0 Å². The molecule has 6 nitrogen and oxygen atoms in total. The normalized spacial score (nSPS) is 13.0. The average molecular weight is 984 g/mol. The molecule has 0 spiro atoms. The zero-order valence-electron chi connectivity index (χ0n) is 45.9. The Morgan fingerprint density at radius 3 is 0.986 bits per heavy atom. The second-order valence-electron chi connectivity index (χ2n) is 18.8. The lowest BCUT2D eigenvalue weighted by Crippen LogP contribution is -2.30. The smallest absolute Gasteiger partial charge is 0.306 e. The second kappa shape index (κ2) is 58.4. The Kier molecular flexibility index (Phi) is 54.9. The molecule has 0 saturated carbocycles. The third-order valence-corrected chi connectivity index (χ3v) is 11.9. The van der Waals surface area contributed by atoms with E-state index in [4.69, 9.17) is 14.2 Å². The lowest BCUT2D eigenvalue weighted by molar-refractivity contribution is -0.166. The molecule has 0 rings (SSSR count). The number of ether oxygens (including phenoxy) is 3. The number of esters is 3. The van der Waals surface area contributed by atoms with Crippen molar-refractivity contribution in [3.8, 4) is 0 Å². The Hall–Kier alpha value is -4.19. The van der Waals surface area contributed by atoms with Gasteiger partial charge >= 0.3 is 17.9 Å². The fourth-order valence-corrected chi connectivity index (χ4v) is 7.59. The highest BCUT2D eigenvalue weighted by Crippen LogP contribution is 2.14. The zero-order chi connectivity index (χ0) is 51.4. The molecule has 6 heteroatoms. The highest BCUT2D eigenvalue weighted by molar-refractivity contribution is 5.71. The topological polar surface area (TPSA) is 78.9 Å². The summed E-state index contributed by atoms with van der Waals surface area (Å²) < 4.78 is 16.8. The first kappa shape index (κ1) is 66.8. The largest absolute Gasteiger partial charge is 0.462 e. The summed E-state index contributed by atoms with van der Waals surface area (Å²) in [4.78, 5) is 38.1. The number of hydrogen-bond acceptors (Lipinski definition) is 6. The highest BCUT2D eigenvalue weighted by atomic mass is 16.6. The van der Waals surface area contributed by atoms with Crippen LogP contribution < -0.4 is 0 Å². The van der Waals surface area contributed by atoms with Crippen LogP contribution in [0.1, 0.15) is 252 Å². The number of hydrogen-bond donors (Lipinski definition) is 0. The molecular weight excluding hydrogens is 877 g/mol. The summed E-state index contributed by atoms with van der Waals surface area (Å²) in [6.07, 6.45) is 80.6. The van der Waals surface area contributed by atoms with Crippen molar-refractivity contribution in [1.29, 1.82) is 0 Å². The molecule has 0 saturated heterocycles. The fourth-order valence-electron chi connectivity index (χ4n) is 7.59. The molecule has 0 radical (unpaired) electrons. The number of unbranched alkanes of at least 4 members (excludes halogenated alkanes) is 20. The molecule has 402 valence electrons. The van der Waals surface area contributed by atoms with Gasteiger partial charge in [-0.25, -0.2) is 0 Å². The fraction of sp³-hybridized carbons (Fsp3) is 0.646. The minimum atomic E-state index is -0.839. The summed E-state index contributed by atoms with van der Waals surface area (Å²) in [5, 5.41) is 0. The number of carbonyl (C=O) groups is 3. The summed E-state index contributed by atoms with van der Waals surface area (Å²) in [6, 6.07) is 0. The van der Waals surface area contributed by atoms with Crippen molar-refractivity contribution < 1.29 is 28.6 Å². The van der Waals surface area contributed by atoms with Gasteiger partial charge in [-0.3, -0.25) is 14.4 Å². The van der Waals surface area contributed by atoms with Gasteiger partial charge < -0.3 is 14.2 Å². The van der Waals surface area contributed by atoms with Gasteiger partial charge in [-0.2, -0.15) is 0 Å². The van der Waals surface area contributed by atoms with Crippen molar-refractivity contribution in [3.05, 3.63) is 122 Å². The van der Waals surface area contributed by atoms with Gasteiger partial charge in [0.1, 0.15) is 13.2 Å². The maximum Gasteiger partial charge on any atom is 0.306 e. The molecule has 71 heavy (non-hydrogen) atoms. The first-order valence-electron chi connectivity index (χ1n) is 29.0. The van der Waals surface area contributed by atoms with Crippen LogP contribution in [0.3, 0.4) is 0 Å². The highest BCUT2D eigenvalue weighted by Gasteiger charge is 2.19. The van der Waals surface area contributed by atoms with E-state index in [1.165, 1.54) is 116 Å². The molecule has 0 N–H and O–H groups in total. The molecule has 0 aromatic carbocycles. The van der Waals surface area contributed by atoms with Gasteiger partial charge in [-0.1, -0.05) is 232 Å². The standard InChI is InChI=1S/C65H106O6/c1-4-7-10-13-16-19-22-25-28-30-32-34-37-40-43-46-49-52-55-58-64(67)70-61-62(60-69-63(66)57-54-51-48-45-42-39-36-27-24-21-18-15-12-9-6-3)71-65(68)59-56-53-50-47-44-41-38-35-33-31-29-26-23-20-17-14-11-8-5-2/h9,12,17-18,20-21,25-29,33,35-36,41-42,44-45,50,53,62H,4-8,10-11,13-16,19,22-24,30-32,34,37-40,43,46-49,51-52,54-61H2,1-3H3/b12-9-,20-17-,21-18-,28-25-,29-26-,35-33-,36-27-,44-41-,45-42-,53-50-/t62-/m1/s1. The molecule has 0 heterocycles. The molecular formula is C65H106O6. The monoisotopic (exact) mass is 983 g/mol. The minimum absolute atomic E-state index is 0.124. The maximum absolute atomic E-state index is 12.8. The van der Waals surface area contributed by atoms with E-state index in [-0.39, 0.29) is 38.0 Å². The van der Waals surface area contributed by atoms with E-state index in [2.05, 4.69) is 130 Å². The van der Waals surface area contributed by atoms with Gasteiger partial charge in [0, 0.05) is 19.3 Å². The molecule has 0 unspecified atom stereocenters. The van der Waals surface area contributed by atoms with Crippen molar-refractivity contribution in [2.75, 3.05) is 13.2 Å². The van der Waals surface area contributed by atoms with Crippen LogP contribution in [0.4, 0.5) is 0 Å². The summed E-state index contributed by atoms with van der Waals surface area (Å²) in [6.45, 7) is 6.39. The predicted molar refractivity (Wildman–Crippen MR) is 306 cm³/mol. The lowest BCUT2D eigenvalue weighted by atomic mass is 10.1. The summed E-state index contributed by atoms with van der Waals surface area (Å²) in [5.74, 6) is -1.05. The van der Waals surface area contributed by atoms with Crippen LogP contribution in [0.2, 0.25) is 0 Å². The van der Waals surface area contributed by atoms with Gasteiger partial charge in [0.25, 0.3) is 0 Å². The van der Waals surface area contributed by atoms with Crippen molar-refractivity contribution in [2.45, 2.75) is 258 Å². The van der Waals surface area contributed by atoms with E-state index >= 15 is 0 Å². The van der Waals surface area contributed by atoms with Crippen LogP contribution in [0.5, 0.6) is 0 Å². The first-order chi connectivity index (χ1) is 35.0. The van der Waals surface area contributed by atoms with Crippen molar-refractivity contribution in [1.82, 2.24) is 0 Å². The van der Waals surface area contributed by atoms with Crippen LogP contribution in [0.15, 0.2) is 122 Å². The van der Waals surface area contributed by atoms with Crippen molar-refractivity contribution in [2.24, 2.45) is 0 Å². The Labute approximate surface area is 437 Å². The van der Waals surface area contributed by atoms with E-state index < -0.39 is 12.1 Å². The SMILES string of the molecule is CC/C=C\C/C=C\C/C=C\C/C=C\CCCCC(=O)OC[C@H](COC(=O)CCCCCCCCCCC/C=C\CCCCCCCC)OC(=O)CC/C=C\C/C=C\C/C=C\C/C=C\C/C=C\CCCCC. The maximum atomic E-state index is 12.8. The Morgan fingerprint density at radius 1 is 0.296 bits per heavy atom. The van der Waals surface area contributed by atoms with Gasteiger partial charge in [-0.05, 0) is 122 Å². The van der Waals surface area contributed by atoms with E-state index in [0.717, 1.165) is 83.5 Å². The lowest BCUT2D eigenvalue weighted by Gasteiger charge is -2.18. The Bertz CT molecular complexity index is 1500. The number of carbonyl (C=O) groups excluding carboxylic acids is 3. The molecule has 0 aliphatic heterocycles. The molecule has 0 aliphatic rings. The zero-order valence-corrected chi connectivity index (χ0v) is 45.9. The molecule has 0 aromatic heterocycles. The predicted octanol–water partition coefficient (Wildman–Crippen LogP) is 19.6. The van der Waals surface area contributed by atoms with Crippen molar-refractivity contribution >= 4 is 17.9 Å². The number of rotatable bonds is 51. The van der Waals surface area contributed by atoms with Gasteiger partial charge in [-0.15, -0.1) is 0 Å². The summed E-state index contributed by atoms with van der Waals surface area (Å²) >= 11 is 0. The summed E-state index contributed by atoms with van der Waals surface area (Å²) in [5.41, 5.74) is 0. The van der Waals surface area contributed by atoms with Crippen LogP contribution in [-0.2, 0) is 28.6 Å². The Morgan fingerprint density at radius 2 is 0.577 bits per heavy atom. The average Bonchev–Trinajstić information content (AvgIpc) is 3.37. The third-order valence-electron chi connectivity index (χ3n) is 11.9. The van der Waals surface area contributed by atoms with E-state index in [0.29, 0.717) is 19.3 Å². The minimum Gasteiger partial charge on any atom is -0.462 e. The van der Waals surface area contributed by atoms with E-state index in [1.807, 2.05) is 12.2 Å². The molecule has 0 amide bonds. The van der Waals surface area contributed by atoms with Gasteiger partial charge in [0.2, 0.25) is 0 Å². The second-order valence-corrected chi connectivity index (χ2v) is 18.8. The third kappa shape index (κ3) is 56.6. The van der Waals surface area contributed by atoms with Gasteiger partial charge in [0.15, 0.2) is 6.10 Å². The van der Waals surface area contributed by atoms with Crippen LogP contribution in [-0.4, -0.2) is 37.2 Å². The molecule has 0 fully saturated rings. The summed E-state index contributed by atoms with van der Waals surface area (Å²) in [7, 11) is 0. The molecule has 1 atom stereocenters. The van der Waals surface area contributed by atoms with Crippen LogP contribution >= 0.6 is 0 Å². The van der Waals surface area contributed by atoms with Gasteiger partial charge in [0.05, 0.1) is 0 Å². The quantitative estimate of drug-likeness (QED) is 0.0261. The van der Waals surface area contributed by atoms with E-state index in [1.54, 1.807) is 0 Å². The Balaban J connectivity index is 4.55. The van der Waals surface area contributed by atoms with E-state index in [9.17, 15) is 14.4 Å². The van der Waals surface area contributed by atoms with Crippen LogP contribution in [0.25, 0.3) is 0 Å². The molecule has 0 bridgehead atoms. The first-order valence-corrected chi connectivity index (χ1v) is 29.0. The molecule has 0 aromatic rings. The van der Waals surface area contributed by atoms with Crippen LogP contribution in [0, 0.1) is 0 Å². The molecule has 0 aliphatic carbocycles.